The van der Waals surface area contributed by atoms with Gasteiger partial charge in [0.15, 0.2) is 5.78 Å². The third-order valence-electron chi connectivity index (χ3n) is 3.52. The van der Waals surface area contributed by atoms with Gasteiger partial charge in [-0.25, -0.2) is 9.48 Å². The quantitative estimate of drug-likeness (QED) is 0.614. The summed E-state index contributed by atoms with van der Waals surface area (Å²) in [7, 11) is 0. The van der Waals surface area contributed by atoms with E-state index in [4.69, 9.17) is 4.84 Å². The Morgan fingerprint density at radius 1 is 1.50 bits per heavy atom. The smallest absolute Gasteiger partial charge is 0.314 e. The average Bonchev–Trinajstić information content (AvgIpc) is 3.12. The van der Waals surface area contributed by atoms with E-state index >= 15 is 0 Å². The van der Waals surface area contributed by atoms with Crippen LogP contribution in [0, 0.1) is 0 Å². The fourth-order valence-corrected chi connectivity index (χ4v) is 2.48. The van der Waals surface area contributed by atoms with E-state index in [1.807, 2.05) is 6.08 Å². The van der Waals surface area contributed by atoms with Gasteiger partial charge >= 0.3 is 6.03 Å². The molecular formula is C17H24N4O3. The molecule has 0 N–H and O–H groups in total. The van der Waals surface area contributed by atoms with Gasteiger partial charge in [0.25, 0.3) is 0 Å². The minimum Gasteiger partial charge on any atom is -0.314 e. The molecule has 3 heterocycles. The van der Waals surface area contributed by atoms with Crippen LogP contribution < -0.4 is 0 Å². The number of ketones is 1. The fraction of sp³-hybridized carbons (Fsp3) is 0.471. The van der Waals surface area contributed by atoms with Gasteiger partial charge in [-0.3, -0.25) is 9.63 Å². The van der Waals surface area contributed by atoms with Gasteiger partial charge < -0.3 is 4.90 Å². The lowest BCUT2D eigenvalue weighted by Crippen LogP contribution is -2.33. The molecule has 7 heteroatoms. The van der Waals surface area contributed by atoms with E-state index in [0.717, 1.165) is 5.70 Å². The van der Waals surface area contributed by atoms with Gasteiger partial charge in [0, 0.05) is 12.7 Å². The van der Waals surface area contributed by atoms with E-state index in [9.17, 15) is 9.59 Å². The maximum atomic E-state index is 12.2. The highest BCUT2D eigenvalue weighted by atomic mass is 16.7. The standard InChI is InChI=1S/C14H16N4O3.C3H8/c1-3-4-21-18-13-5-12(8-16(9-13)14(18)20)17-7-11(6-15-17)10(2)19;1-3-2/h3,5-7,13H,1,4,8-9H2,2H3;3H2,1-2H3. The maximum Gasteiger partial charge on any atom is 0.345 e. The number of rotatable bonds is 5. The molecule has 24 heavy (non-hydrogen) atoms. The van der Waals surface area contributed by atoms with E-state index in [2.05, 4.69) is 25.5 Å². The predicted octanol–water partition coefficient (Wildman–Crippen LogP) is 2.58. The number of nitrogens with zero attached hydrogens (tertiary/aromatic N) is 4. The number of urea groups is 1. The van der Waals surface area contributed by atoms with Crippen molar-refractivity contribution in [1.29, 1.82) is 0 Å². The van der Waals surface area contributed by atoms with Crippen LogP contribution in [0.15, 0.2) is 31.1 Å². The second kappa shape index (κ2) is 7.92. The van der Waals surface area contributed by atoms with E-state index in [1.165, 1.54) is 24.6 Å². The first kappa shape index (κ1) is 17.9. The second-order valence-corrected chi connectivity index (χ2v) is 5.74. The maximum absolute atomic E-state index is 12.2. The van der Waals surface area contributed by atoms with Crippen molar-refractivity contribution in [2.45, 2.75) is 33.2 Å². The monoisotopic (exact) mass is 332 g/mol. The molecule has 0 radical (unpaired) electrons. The zero-order valence-corrected chi connectivity index (χ0v) is 14.4. The molecular weight excluding hydrogens is 308 g/mol. The van der Waals surface area contributed by atoms with E-state index in [-0.39, 0.29) is 24.5 Å². The van der Waals surface area contributed by atoms with E-state index in [1.54, 1.807) is 21.9 Å². The molecule has 2 aliphatic rings. The largest absolute Gasteiger partial charge is 0.345 e. The summed E-state index contributed by atoms with van der Waals surface area (Å²) in [5.41, 5.74) is 1.41. The topological polar surface area (TPSA) is 67.7 Å². The zero-order chi connectivity index (χ0) is 17.7. The third kappa shape index (κ3) is 3.73. The minimum absolute atomic E-state index is 0.0343. The van der Waals surface area contributed by atoms with Crippen molar-refractivity contribution >= 4 is 17.5 Å². The number of hydrogen-bond donors (Lipinski definition) is 0. The number of carbonyl (C=O) groups excluding carboxylic acids is 2. The van der Waals surface area contributed by atoms with Crippen LogP contribution in [-0.2, 0) is 4.84 Å². The van der Waals surface area contributed by atoms with Crippen LogP contribution in [0.4, 0.5) is 4.79 Å². The molecule has 0 saturated carbocycles. The molecule has 7 nitrogen and oxygen atoms in total. The van der Waals surface area contributed by atoms with Crippen LogP contribution in [0.5, 0.6) is 0 Å². The molecule has 0 aliphatic carbocycles. The van der Waals surface area contributed by atoms with Crippen molar-refractivity contribution < 1.29 is 14.4 Å². The molecule has 1 fully saturated rings. The molecule has 130 valence electrons. The molecule has 1 aromatic heterocycles. The second-order valence-electron chi connectivity index (χ2n) is 5.74. The highest BCUT2D eigenvalue weighted by Crippen LogP contribution is 2.26. The molecule has 2 bridgehead atoms. The molecule has 2 amide bonds. The summed E-state index contributed by atoms with van der Waals surface area (Å²) in [5, 5.41) is 5.55. The van der Waals surface area contributed by atoms with Crippen molar-refractivity contribution in [2.75, 3.05) is 19.7 Å². The lowest BCUT2D eigenvalue weighted by atomic mass is 10.2. The first-order chi connectivity index (χ1) is 11.5. The average molecular weight is 332 g/mol. The Hall–Kier alpha value is -2.41. The molecule has 1 aromatic rings. The first-order valence-electron chi connectivity index (χ1n) is 8.10. The first-order valence-corrected chi connectivity index (χ1v) is 8.10. The Morgan fingerprint density at radius 3 is 2.79 bits per heavy atom. The molecule has 0 aromatic carbocycles. The fourth-order valence-electron chi connectivity index (χ4n) is 2.48. The normalized spacial score (nSPS) is 18.9. The van der Waals surface area contributed by atoms with Gasteiger partial charge in [-0.15, -0.1) is 6.58 Å². The Balaban J connectivity index is 0.000000647. The number of fused-ring (bicyclic) bond motifs is 2. The van der Waals surface area contributed by atoms with Gasteiger partial charge in [0.05, 0.1) is 36.7 Å². The van der Waals surface area contributed by atoms with Crippen LogP contribution >= 0.6 is 0 Å². The third-order valence-corrected chi connectivity index (χ3v) is 3.52. The van der Waals surface area contributed by atoms with E-state index in [0.29, 0.717) is 18.7 Å². The Kier molecular flexibility index (Phi) is 5.92. The van der Waals surface area contributed by atoms with Crippen molar-refractivity contribution in [2.24, 2.45) is 0 Å². The number of hydrogen-bond acceptors (Lipinski definition) is 4. The van der Waals surface area contributed by atoms with Crippen LogP contribution in [0.3, 0.4) is 0 Å². The lowest BCUT2D eigenvalue weighted by molar-refractivity contribution is -0.107. The predicted molar refractivity (Wildman–Crippen MR) is 91.2 cm³/mol. The highest BCUT2D eigenvalue weighted by molar-refractivity contribution is 5.93. The molecule has 2 aliphatic heterocycles. The molecule has 1 saturated heterocycles. The summed E-state index contributed by atoms with van der Waals surface area (Å²) in [6, 6.07) is -0.307. The number of hydroxylamine groups is 2. The van der Waals surface area contributed by atoms with Gasteiger partial charge in [0.1, 0.15) is 0 Å². The molecule has 0 spiro atoms. The minimum atomic E-state index is -0.160. The van der Waals surface area contributed by atoms with Crippen LogP contribution in [0.2, 0.25) is 0 Å². The summed E-state index contributed by atoms with van der Waals surface area (Å²) in [6.07, 6.45) is 8.01. The van der Waals surface area contributed by atoms with Gasteiger partial charge in [-0.05, 0) is 13.0 Å². The van der Waals surface area contributed by atoms with Crippen LogP contribution in [-0.4, -0.2) is 57.3 Å². The van der Waals surface area contributed by atoms with Crippen molar-refractivity contribution in [1.82, 2.24) is 19.7 Å². The van der Waals surface area contributed by atoms with Gasteiger partial charge in [0.2, 0.25) is 0 Å². The Bertz CT molecular complexity index is 650. The summed E-state index contributed by atoms with van der Waals surface area (Å²) in [4.78, 5) is 30.6. The summed E-state index contributed by atoms with van der Waals surface area (Å²) >= 11 is 0. The number of amides is 2. The van der Waals surface area contributed by atoms with Crippen molar-refractivity contribution in [3.63, 3.8) is 0 Å². The van der Waals surface area contributed by atoms with Crippen LogP contribution in [0.25, 0.3) is 5.70 Å². The Morgan fingerprint density at radius 2 is 2.21 bits per heavy atom. The SMILES string of the molecule is C=CCON1C(=O)N2CC(n3cc(C(C)=O)cn3)=CC1C2.CCC. The summed E-state index contributed by atoms with van der Waals surface area (Å²) < 4.78 is 1.64. The lowest BCUT2D eigenvalue weighted by Gasteiger charge is -2.21. The number of carbonyl (C=O) groups is 2. The molecule has 1 atom stereocenters. The van der Waals surface area contributed by atoms with Crippen molar-refractivity contribution in [3.8, 4) is 0 Å². The number of Topliss-reactive ketones (excluding diaryl/α,β-unsaturated/α-hetero) is 1. The van der Waals surface area contributed by atoms with Crippen LogP contribution in [0.1, 0.15) is 37.6 Å². The summed E-state index contributed by atoms with van der Waals surface area (Å²) in [5.74, 6) is -0.0343. The number of aromatic nitrogens is 2. The van der Waals surface area contributed by atoms with Gasteiger partial charge in [-0.1, -0.05) is 26.3 Å². The Labute approximate surface area is 142 Å². The van der Waals surface area contributed by atoms with Crippen molar-refractivity contribution in [3.05, 3.63) is 36.7 Å². The zero-order valence-electron chi connectivity index (χ0n) is 14.4. The van der Waals surface area contributed by atoms with Gasteiger partial charge in [-0.2, -0.15) is 10.2 Å². The molecule has 1 unspecified atom stereocenters. The highest BCUT2D eigenvalue weighted by Gasteiger charge is 2.41. The summed E-state index contributed by atoms with van der Waals surface area (Å²) in [6.45, 7) is 10.7. The van der Waals surface area contributed by atoms with E-state index < -0.39 is 0 Å². The molecule has 3 rings (SSSR count).